The van der Waals surface area contributed by atoms with Crippen LogP contribution >= 0.6 is 0 Å². The van der Waals surface area contributed by atoms with Crippen molar-refractivity contribution in [1.29, 1.82) is 0 Å². The van der Waals surface area contributed by atoms with Gasteiger partial charge in [0.1, 0.15) is 6.61 Å². The molecule has 0 bridgehead atoms. The second-order valence-electron chi connectivity index (χ2n) is 18.1. The molecule has 0 aromatic carbocycles. The maximum Gasteiger partial charge on any atom is 0.306 e. The van der Waals surface area contributed by atoms with Crippen molar-refractivity contribution in [3.05, 3.63) is 122 Å². The number of unbranched alkanes of at least 4 members (excludes halogenated alkanes) is 19. The van der Waals surface area contributed by atoms with Gasteiger partial charge in [0.15, 0.2) is 6.10 Å². The fourth-order valence-corrected chi connectivity index (χ4v) is 7.34. The summed E-state index contributed by atoms with van der Waals surface area (Å²) in [6.45, 7) is 7.52. The molecule has 0 heterocycles. The molecule has 386 valence electrons. The smallest absolute Gasteiger partial charge is 0.306 e. The average Bonchev–Trinajstić information content (AvgIpc) is 3.34. The molecule has 0 saturated carbocycles. The lowest BCUT2D eigenvalue weighted by Gasteiger charge is -2.18. The van der Waals surface area contributed by atoms with Gasteiger partial charge in [-0.05, 0) is 128 Å². The summed E-state index contributed by atoms with van der Waals surface area (Å²) in [6.07, 6.45) is 80.7. The van der Waals surface area contributed by atoms with E-state index in [-0.39, 0.29) is 25.2 Å². The molecular weight excluding hydrogens is 837 g/mol. The van der Waals surface area contributed by atoms with Crippen LogP contribution in [0.5, 0.6) is 0 Å². The Labute approximate surface area is 420 Å². The fourth-order valence-electron chi connectivity index (χ4n) is 7.34. The Bertz CT molecular complexity index is 1390. The topological polar surface area (TPSA) is 61.8 Å². The van der Waals surface area contributed by atoms with Crippen molar-refractivity contribution in [2.45, 2.75) is 245 Å². The van der Waals surface area contributed by atoms with Crippen molar-refractivity contribution in [2.24, 2.45) is 0 Å². The average molecular weight is 942 g/mol. The zero-order valence-corrected chi connectivity index (χ0v) is 44.3. The van der Waals surface area contributed by atoms with Crippen LogP contribution in [0.25, 0.3) is 0 Å². The maximum absolute atomic E-state index is 12.9. The van der Waals surface area contributed by atoms with Crippen LogP contribution in [-0.4, -0.2) is 37.9 Å². The largest absolute Gasteiger partial charge is 0.462 e. The van der Waals surface area contributed by atoms with Crippen molar-refractivity contribution in [1.82, 2.24) is 0 Å². The van der Waals surface area contributed by atoms with Gasteiger partial charge in [-0.2, -0.15) is 0 Å². The Balaban J connectivity index is 4.39. The van der Waals surface area contributed by atoms with Crippen LogP contribution < -0.4 is 0 Å². The molecule has 68 heavy (non-hydrogen) atoms. The molecule has 5 heteroatoms. The molecular formula is C63H104O5. The van der Waals surface area contributed by atoms with Crippen molar-refractivity contribution in [3.63, 3.8) is 0 Å². The van der Waals surface area contributed by atoms with Crippen molar-refractivity contribution in [3.8, 4) is 0 Å². The zero-order valence-electron chi connectivity index (χ0n) is 44.3. The molecule has 5 nitrogen and oxygen atoms in total. The molecule has 0 fully saturated rings. The Kier molecular flexibility index (Phi) is 54.5. The van der Waals surface area contributed by atoms with Gasteiger partial charge in [0, 0.05) is 19.4 Å². The lowest BCUT2D eigenvalue weighted by Crippen LogP contribution is -2.30. The molecule has 0 aromatic heterocycles. The summed E-state index contributed by atoms with van der Waals surface area (Å²) in [6, 6.07) is 0. The van der Waals surface area contributed by atoms with Gasteiger partial charge in [-0.25, -0.2) is 0 Å². The van der Waals surface area contributed by atoms with E-state index in [1.807, 2.05) is 0 Å². The summed E-state index contributed by atoms with van der Waals surface area (Å²) in [7, 11) is 0. The standard InChI is InChI=1S/C63H104O5/c1-4-7-10-13-16-19-22-25-28-30-32-34-36-38-41-44-47-50-53-56-62(64)67-60-61(59-66-58-55-52-49-46-43-40-27-24-21-18-15-12-9-6-3)68-63(65)57-54-51-48-45-42-39-37-35-33-31-29-26-23-20-17-14-11-8-5-2/h7-8,10-11,16-17,19-21,24-26,28-29,32-35,38,41,61H,4-6,9,12-15,18,22-23,27,30-31,36-37,39-40,42-60H2,1-3H3/b10-7-,11-8-,19-16-,20-17-,24-21-,28-25-,29-26-,34-32-,35-33-,41-38-. The van der Waals surface area contributed by atoms with E-state index in [4.69, 9.17) is 14.2 Å². The summed E-state index contributed by atoms with van der Waals surface area (Å²) < 4.78 is 17.4. The number of rotatable bonds is 50. The third kappa shape index (κ3) is 54.9. The van der Waals surface area contributed by atoms with Gasteiger partial charge >= 0.3 is 11.9 Å². The van der Waals surface area contributed by atoms with E-state index in [2.05, 4.69) is 142 Å². The van der Waals surface area contributed by atoms with Crippen LogP contribution in [0, 0.1) is 0 Å². The van der Waals surface area contributed by atoms with Crippen molar-refractivity contribution < 1.29 is 23.8 Å². The Hall–Kier alpha value is -3.70. The first kappa shape index (κ1) is 64.3. The third-order valence-electron chi connectivity index (χ3n) is 11.5. The summed E-state index contributed by atoms with van der Waals surface area (Å²) in [5.41, 5.74) is 0. The van der Waals surface area contributed by atoms with Crippen LogP contribution in [0.15, 0.2) is 122 Å². The molecule has 0 aromatic rings. The summed E-state index contributed by atoms with van der Waals surface area (Å²) in [4.78, 5) is 25.5. The number of carbonyl (C=O) groups excluding carboxylic acids is 2. The Morgan fingerprint density at radius 2 is 0.662 bits per heavy atom. The van der Waals surface area contributed by atoms with Gasteiger partial charge in [-0.15, -0.1) is 0 Å². The first-order valence-electron chi connectivity index (χ1n) is 28.1. The predicted octanol–water partition coefficient (Wildman–Crippen LogP) is 19.3. The first-order valence-corrected chi connectivity index (χ1v) is 28.1. The summed E-state index contributed by atoms with van der Waals surface area (Å²) in [5.74, 6) is -0.458. The van der Waals surface area contributed by atoms with E-state index in [1.165, 1.54) is 83.5 Å². The lowest BCUT2D eigenvalue weighted by atomic mass is 10.1. The van der Waals surface area contributed by atoms with Gasteiger partial charge in [-0.1, -0.05) is 219 Å². The second kappa shape index (κ2) is 57.6. The van der Waals surface area contributed by atoms with Crippen molar-refractivity contribution in [2.75, 3.05) is 19.8 Å². The number of hydrogen-bond donors (Lipinski definition) is 0. The summed E-state index contributed by atoms with van der Waals surface area (Å²) in [5, 5.41) is 0. The SMILES string of the molecule is CC/C=C\C/C=C\C/C=C\C/C=C\C/C=C\CCCCCC(=O)OCC(COCCCCCCCC/C=C\CCCCCC)OC(=O)CCCCCCCC/C=C\C/C=C\C/C=C\C/C=C\CC. The van der Waals surface area contributed by atoms with Crippen LogP contribution in [0.2, 0.25) is 0 Å². The highest BCUT2D eigenvalue weighted by molar-refractivity contribution is 5.70. The number of hydrogen-bond acceptors (Lipinski definition) is 5. The molecule has 0 amide bonds. The quantitative estimate of drug-likeness (QED) is 0.0345. The number of carbonyl (C=O) groups is 2. The van der Waals surface area contributed by atoms with E-state index in [9.17, 15) is 9.59 Å². The van der Waals surface area contributed by atoms with Crippen LogP contribution in [0.1, 0.15) is 239 Å². The fraction of sp³-hybridized carbons (Fsp3) is 0.651. The van der Waals surface area contributed by atoms with Crippen LogP contribution in [-0.2, 0) is 23.8 Å². The van der Waals surface area contributed by atoms with E-state index in [0.717, 1.165) is 122 Å². The van der Waals surface area contributed by atoms with E-state index in [1.54, 1.807) is 0 Å². The highest BCUT2D eigenvalue weighted by Crippen LogP contribution is 2.13. The van der Waals surface area contributed by atoms with E-state index >= 15 is 0 Å². The molecule has 1 unspecified atom stereocenters. The first-order chi connectivity index (χ1) is 33.6. The zero-order chi connectivity index (χ0) is 49.2. The van der Waals surface area contributed by atoms with E-state index in [0.29, 0.717) is 19.4 Å². The molecule has 0 saturated heterocycles. The minimum Gasteiger partial charge on any atom is -0.462 e. The third-order valence-corrected chi connectivity index (χ3v) is 11.5. The number of ether oxygens (including phenoxy) is 3. The molecule has 0 aliphatic heterocycles. The van der Waals surface area contributed by atoms with Crippen molar-refractivity contribution >= 4 is 11.9 Å². The minimum absolute atomic E-state index is 0.0527. The molecule has 0 aliphatic carbocycles. The Morgan fingerprint density at radius 3 is 1.09 bits per heavy atom. The monoisotopic (exact) mass is 941 g/mol. The van der Waals surface area contributed by atoms with Gasteiger partial charge in [0.25, 0.3) is 0 Å². The minimum atomic E-state index is -0.570. The second-order valence-corrected chi connectivity index (χ2v) is 18.1. The van der Waals surface area contributed by atoms with Gasteiger partial charge in [-0.3, -0.25) is 9.59 Å². The molecule has 0 aliphatic rings. The highest BCUT2D eigenvalue weighted by atomic mass is 16.6. The Morgan fingerprint density at radius 1 is 0.338 bits per heavy atom. The molecule has 0 N–H and O–H groups in total. The van der Waals surface area contributed by atoms with Gasteiger partial charge in [0.2, 0.25) is 0 Å². The van der Waals surface area contributed by atoms with Crippen LogP contribution in [0.3, 0.4) is 0 Å². The van der Waals surface area contributed by atoms with Gasteiger partial charge in [0.05, 0.1) is 6.61 Å². The molecule has 1 atom stereocenters. The summed E-state index contributed by atoms with van der Waals surface area (Å²) >= 11 is 0. The van der Waals surface area contributed by atoms with Gasteiger partial charge < -0.3 is 14.2 Å². The highest BCUT2D eigenvalue weighted by Gasteiger charge is 2.17. The normalized spacial score (nSPS) is 13.2. The predicted molar refractivity (Wildman–Crippen MR) is 297 cm³/mol. The molecule has 0 radical (unpaired) electrons. The maximum atomic E-state index is 12.9. The molecule has 0 rings (SSSR count). The van der Waals surface area contributed by atoms with E-state index < -0.39 is 6.10 Å². The lowest BCUT2D eigenvalue weighted by molar-refractivity contribution is -0.163. The molecule has 0 spiro atoms. The number of esters is 2. The van der Waals surface area contributed by atoms with Crippen LogP contribution in [0.4, 0.5) is 0 Å². The number of allylic oxidation sites excluding steroid dienone is 20.